The van der Waals surface area contributed by atoms with Gasteiger partial charge in [0.25, 0.3) is 0 Å². The fourth-order valence-corrected chi connectivity index (χ4v) is 3.09. The number of nitrogens with zero attached hydrogens (tertiary/aromatic N) is 1. The first kappa shape index (κ1) is 24.5. The molecule has 2 N–H and O–H groups in total. The number of hydrogen-bond donors (Lipinski definition) is 1. The molecule has 0 rings (SSSR count). The van der Waals surface area contributed by atoms with Crippen LogP contribution in [0.2, 0.25) is 0 Å². The predicted molar refractivity (Wildman–Crippen MR) is 105 cm³/mol. The van der Waals surface area contributed by atoms with Gasteiger partial charge in [-0.25, -0.2) is 9.65 Å². The quantitative estimate of drug-likeness (QED) is 0.203. The van der Waals surface area contributed by atoms with Crippen molar-refractivity contribution in [3.05, 3.63) is 5.21 Å². The maximum Gasteiger partial charge on any atom is 0.190 e. The molecular weight excluding hydrogens is 316 g/mol. The molecule has 0 aromatic heterocycles. The van der Waals surface area contributed by atoms with E-state index in [2.05, 4.69) is 6.92 Å². The number of quaternary nitrogens is 1. The Bertz CT molecular complexity index is 313. The summed E-state index contributed by atoms with van der Waals surface area (Å²) in [5.41, 5.74) is 5.45. The molecule has 0 heterocycles. The maximum absolute atomic E-state index is 12.4. The van der Waals surface area contributed by atoms with E-state index >= 15 is 0 Å². The normalized spacial score (nSPS) is 13.8. The van der Waals surface area contributed by atoms with Gasteiger partial charge in [0.2, 0.25) is 0 Å². The molecule has 0 bridgehead atoms. The Morgan fingerprint density at radius 2 is 1.40 bits per heavy atom. The molecule has 0 aliphatic rings. The van der Waals surface area contributed by atoms with Crippen LogP contribution in [0.5, 0.6) is 0 Å². The lowest BCUT2D eigenvalue weighted by atomic mass is 10.0. The summed E-state index contributed by atoms with van der Waals surface area (Å²) in [5.74, 6) is 0.0106. The van der Waals surface area contributed by atoms with E-state index in [9.17, 15) is 10.0 Å². The van der Waals surface area contributed by atoms with E-state index in [1.165, 1.54) is 57.8 Å². The van der Waals surface area contributed by atoms with Crippen molar-refractivity contribution < 1.29 is 14.4 Å². The maximum atomic E-state index is 12.4. The number of rotatable bonds is 19. The van der Waals surface area contributed by atoms with Crippen LogP contribution < -0.4 is 5.73 Å². The molecule has 0 amide bonds. The van der Waals surface area contributed by atoms with Gasteiger partial charge < -0.3 is 10.9 Å². The number of hydroxylamine groups is 4. The number of nitrogens with two attached hydrogens (primary N) is 1. The van der Waals surface area contributed by atoms with Crippen LogP contribution in [0.1, 0.15) is 97.3 Å². The SMILES string of the molecule is CCCCCCCCCCCCCC(=O)C[N+]([O-])(CCCN)OCC. The second-order valence-electron chi connectivity index (χ2n) is 7.08. The molecule has 0 fully saturated rings. The molecule has 0 aromatic carbocycles. The Hall–Kier alpha value is -0.490. The van der Waals surface area contributed by atoms with E-state index < -0.39 is 4.81 Å². The summed E-state index contributed by atoms with van der Waals surface area (Å²) >= 11 is 0. The molecular formula is C20H42N2O3. The van der Waals surface area contributed by atoms with Gasteiger partial charge in [-0.3, -0.25) is 4.79 Å². The van der Waals surface area contributed by atoms with Crippen LogP contribution in [-0.4, -0.2) is 36.8 Å². The van der Waals surface area contributed by atoms with Crippen molar-refractivity contribution in [3.63, 3.8) is 0 Å². The van der Waals surface area contributed by atoms with E-state index in [0.717, 1.165) is 12.8 Å². The third-order valence-corrected chi connectivity index (χ3v) is 4.54. The van der Waals surface area contributed by atoms with E-state index in [0.29, 0.717) is 26.0 Å². The van der Waals surface area contributed by atoms with Crippen LogP contribution in [-0.2, 0) is 9.63 Å². The van der Waals surface area contributed by atoms with Gasteiger partial charge in [0.05, 0.1) is 0 Å². The summed E-state index contributed by atoms with van der Waals surface area (Å²) in [7, 11) is 0. The predicted octanol–water partition coefficient (Wildman–Crippen LogP) is 4.87. The summed E-state index contributed by atoms with van der Waals surface area (Å²) in [4.78, 5) is 16.4. The number of unbranched alkanes of at least 4 members (excludes halogenated alkanes) is 10. The van der Waals surface area contributed by atoms with Crippen molar-refractivity contribution in [2.45, 2.75) is 97.3 Å². The molecule has 1 unspecified atom stereocenters. The third kappa shape index (κ3) is 15.5. The first-order valence-corrected chi connectivity index (χ1v) is 10.5. The van der Waals surface area contributed by atoms with Crippen molar-refractivity contribution >= 4 is 5.78 Å². The highest BCUT2D eigenvalue weighted by atomic mass is 16.9. The highest BCUT2D eigenvalue weighted by molar-refractivity contribution is 5.79. The zero-order valence-electron chi connectivity index (χ0n) is 16.8. The summed E-state index contributed by atoms with van der Waals surface area (Å²) in [6.07, 6.45) is 14.9. The van der Waals surface area contributed by atoms with E-state index in [4.69, 9.17) is 10.6 Å². The van der Waals surface area contributed by atoms with Gasteiger partial charge >= 0.3 is 0 Å². The lowest BCUT2D eigenvalue weighted by Gasteiger charge is -2.38. The minimum Gasteiger partial charge on any atom is -0.598 e. The largest absolute Gasteiger partial charge is 0.598 e. The highest BCUT2D eigenvalue weighted by Crippen LogP contribution is 2.13. The molecule has 5 heteroatoms. The minimum absolute atomic E-state index is 0.0106. The first-order valence-electron chi connectivity index (χ1n) is 10.5. The summed E-state index contributed by atoms with van der Waals surface area (Å²) in [5, 5.41) is 12.4. The van der Waals surface area contributed by atoms with Crippen molar-refractivity contribution in [2.24, 2.45) is 5.73 Å². The van der Waals surface area contributed by atoms with Crippen molar-refractivity contribution in [1.29, 1.82) is 0 Å². The monoisotopic (exact) mass is 358 g/mol. The second kappa shape index (κ2) is 17.0. The van der Waals surface area contributed by atoms with Crippen LogP contribution in [0.4, 0.5) is 0 Å². The molecule has 0 aromatic rings. The molecule has 0 aliphatic carbocycles. The van der Waals surface area contributed by atoms with Gasteiger partial charge in [0.15, 0.2) is 12.3 Å². The van der Waals surface area contributed by atoms with Crippen LogP contribution in [0, 0.1) is 5.21 Å². The third-order valence-electron chi connectivity index (χ3n) is 4.54. The topological polar surface area (TPSA) is 75.4 Å². The van der Waals surface area contributed by atoms with Gasteiger partial charge in [-0.1, -0.05) is 71.1 Å². The molecule has 1 atom stereocenters. The lowest BCUT2D eigenvalue weighted by Crippen LogP contribution is -2.47. The molecule has 0 aliphatic heterocycles. The highest BCUT2D eigenvalue weighted by Gasteiger charge is 2.22. The summed E-state index contributed by atoms with van der Waals surface area (Å²) in [6.45, 7) is 4.97. The summed E-state index contributed by atoms with van der Waals surface area (Å²) < 4.78 is 0. The Morgan fingerprint density at radius 1 is 0.880 bits per heavy atom. The van der Waals surface area contributed by atoms with Crippen molar-refractivity contribution in [2.75, 3.05) is 26.2 Å². The smallest absolute Gasteiger partial charge is 0.190 e. The van der Waals surface area contributed by atoms with Gasteiger partial charge in [-0.2, -0.15) is 0 Å². The average Bonchev–Trinajstić information content (AvgIpc) is 2.58. The Labute approximate surface area is 155 Å². The van der Waals surface area contributed by atoms with Gasteiger partial charge in [0.1, 0.15) is 13.2 Å². The molecule has 0 saturated heterocycles. The average molecular weight is 359 g/mol. The molecule has 0 radical (unpaired) electrons. The Balaban J connectivity index is 3.61. The van der Waals surface area contributed by atoms with E-state index in [1.807, 2.05) is 0 Å². The molecule has 5 nitrogen and oxygen atoms in total. The van der Waals surface area contributed by atoms with E-state index in [-0.39, 0.29) is 18.9 Å². The molecule has 0 saturated carbocycles. The van der Waals surface area contributed by atoms with Crippen LogP contribution in [0.3, 0.4) is 0 Å². The summed E-state index contributed by atoms with van der Waals surface area (Å²) in [6, 6.07) is 0. The standard InChI is InChI=1S/C20H42N2O3/c1-3-5-6-7-8-9-10-11-12-13-14-16-20(23)19-22(24,25-4-2)18-15-17-21/h3-19,21H2,1-2H3. The van der Waals surface area contributed by atoms with Gasteiger partial charge in [0, 0.05) is 12.8 Å². The zero-order valence-corrected chi connectivity index (χ0v) is 16.8. The Morgan fingerprint density at radius 3 is 1.88 bits per heavy atom. The fourth-order valence-electron chi connectivity index (χ4n) is 3.09. The number of hydrogen-bond acceptors (Lipinski definition) is 4. The van der Waals surface area contributed by atoms with Crippen molar-refractivity contribution in [1.82, 2.24) is 0 Å². The lowest BCUT2D eigenvalue weighted by molar-refractivity contribution is -1.06. The number of Topliss-reactive ketones (excluding diaryl/α,β-unsaturated/α-hetero) is 1. The molecule has 25 heavy (non-hydrogen) atoms. The first-order chi connectivity index (χ1) is 12.1. The van der Waals surface area contributed by atoms with Gasteiger partial charge in [-0.15, -0.1) is 0 Å². The molecule has 0 spiro atoms. The van der Waals surface area contributed by atoms with Crippen LogP contribution in [0.15, 0.2) is 0 Å². The van der Waals surface area contributed by atoms with Gasteiger partial charge in [-0.05, 0) is 19.9 Å². The van der Waals surface area contributed by atoms with Crippen LogP contribution in [0.25, 0.3) is 0 Å². The number of ketones is 1. The second-order valence-corrected chi connectivity index (χ2v) is 7.08. The van der Waals surface area contributed by atoms with Crippen molar-refractivity contribution in [3.8, 4) is 0 Å². The fraction of sp³-hybridized carbons (Fsp3) is 0.950. The number of carbonyl (C=O) groups is 1. The zero-order chi connectivity index (χ0) is 18.8. The minimum atomic E-state index is -0.870. The Kier molecular flexibility index (Phi) is 16.6. The molecule has 150 valence electrons. The van der Waals surface area contributed by atoms with Crippen LogP contribution >= 0.6 is 0 Å². The van der Waals surface area contributed by atoms with E-state index in [1.54, 1.807) is 6.92 Å². The number of carbonyl (C=O) groups excluding carboxylic acids is 1.